The van der Waals surface area contributed by atoms with Gasteiger partial charge in [-0.1, -0.05) is 6.92 Å². The van der Waals surface area contributed by atoms with Crippen molar-refractivity contribution in [1.82, 2.24) is 14.8 Å². The molecule has 4 heteroatoms. The van der Waals surface area contributed by atoms with E-state index in [0.717, 1.165) is 31.8 Å². The van der Waals surface area contributed by atoms with E-state index in [4.69, 9.17) is 5.73 Å². The van der Waals surface area contributed by atoms with Crippen LogP contribution >= 0.6 is 0 Å². The van der Waals surface area contributed by atoms with E-state index in [9.17, 15) is 0 Å². The molecule has 0 aliphatic heterocycles. The summed E-state index contributed by atoms with van der Waals surface area (Å²) in [5.74, 6) is 1.04. The molecule has 1 rings (SSSR count). The zero-order chi connectivity index (χ0) is 8.10. The number of rotatable bonds is 4. The summed E-state index contributed by atoms with van der Waals surface area (Å²) in [6, 6.07) is 0. The van der Waals surface area contributed by atoms with Gasteiger partial charge in [-0.3, -0.25) is 0 Å². The van der Waals surface area contributed by atoms with Crippen LogP contribution in [0, 0.1) is 0 Å². The van der Waals surface area contributed by atoms with Gasteiger partial charge < -0.3 is 10.3 Å². The highest BCUT2D eigenvalue weighted by molar-refractivity contribution is 4.83. The maximum atomic E-state index is 5.38. The molecule has 0 fully saturated rings. The first-order valence-electron chi connectivity index (χ1n) is 3.95. The van der Waals surface area contributed by atoms with Crippen LogP contribution in [0.25, 0.3) is 0 Å². The van der Waals surface area contributed by atoms with Gasteiger partial charge in [0.1, 0.15) is 12.2 Å². The summed E-state index contributed by atoms with van der Waals surface area (Å²) in [6.45, 7) is 3.73. The Balaban J connectivity index is 2.54. The maximum absolute atomic E-state index is 5.38. The second-order valence-electron chi connectivity index (χ2n) is 2.44. The number of nitrogens with two attached hydrogens (primary N) is 1. The first-order chi connectivity index (χ1) is 5.38. The van der Waals surface area contributed by atoms with E-state index in [1.165, 1.54) is 0 Å². The average Bonchev–Trinajstić information content (AvgIpc) is 2.47. The Labute approximate surface area is 66.4 Å². The van der Waals surface area contributed by atoms with E-state index in [0.29, 0.717) is 0 Å². The molecule has 2 N–H and O–H groups in total. The molecule has 0 saturated heterocycles. The van der Waals surface area contributed by atoms with Crippen LogP contribution in [0.2, 0.25) is 0 Å². The molecule has 11 heavy (non-hydrogen) atoms. The van der Waals surface area contributed by atoms with Crippen molar-refractivity contribution in [1.29, 1.82) is 0 Å². The molecule has 0 aliphatic carbocycles. The van der Waals surface area contributed by atoms with Crippen LogP contribution in [0.1, 0.15) is 19.2 Å². The van der Waals surface area contributed by atoms with Gasteiger partial charge in [-0.2, -0.15) is 0 Å². The fourth-order valence-corrected chi connectivity index (χ4v) is 1.00. The van der Waals surface area contributed by atoms with Crippen molar-refractivity contribution in [2.45, 2.75) is 26.3 Å². The van der Waals surface area contributed by atoms with Gasteiger partial charge in [0.15, 0.2) is 0 Å². The molecule has 0 amide bonds. The molecule has 0 saturated carbocycles. The molecule has 1 heterocycles. The van der Waals surface area contributed by atoms with Crippen molar-refractivity contribution in [3.63, 3.8) is 0 Å². The highest BCUT2D eigenvalue weighted by Gasteiger charge is 1.98. The van der Waals surface area contributed by atoms with Crippen LogP contribution in [0.4, 0.5) is 0 Å². The molecule has 62 valence electrons. The Morgan fingerprint density at radius 1 is 1.64 bits per heavy atom. The summed E-state index contributed by atoms with van der Waals surface area (Å²) in [4.78, 5) is 0. The summed E-state index contributed by atoms with van der Waals surface area (Å²) in [7, 11) is 0. The maximum Gasteiger partial charge on any atom is 0.132 e. The normalized spacial score (nSPS) is 10.4. The van der Waals surface area contributed by atoms with Gasteiger partial charge in [0.05, 0.1) is 0 Å². The molecule has 0 unspecified atom stereocenters. The summed E-state index contributed by atoms with van der Waals surface area (Å²) in [6.07, 6.45) is 3.68. The number of hydrogen-bond acceptors (Lipinski definition) is 3. The van der Waals surface area contributed by atoms with Crippen LogP contribution in [-0.4, -0.2) is 21.3 Å². The van der Waals surface area contributed by atoms with Gasteiger partial charge >= 0.3 is 0 Å². The van der Waals surface area contributed by atoms with Gasteiger partial charge in [0, 0.05) is 13.0 Å². The molecule has 1 aromatic heterocycles. The number of aromatic nitrogens is 3. The molecular formula is C7H14N4. The van der Waals surface area contributed by atoms with Crippen LogP contribution < -0.4 is 5.73 Å². The van der Waals surface area contributed by atoms with Crippen molar-refractivity contribution >= 4 is 0 Å². The number of aryl methyl sites for hydroxylation is 2. The average molecular weight is 154 g/mol. The molecule has 1 aromatic rings. The summed E-state index contributed by atoms with van der Waals surface area (Å²) >= 11 is 0. The summed E-state index contributed by atoms with van der Waals surface area (Å²) in [5.41, 5.74) is 5.38. The van der Waals surface area contributed by atoms with Gasteiger partial charge in [-0.05, 0) is 13.0 Å². The quantitative estimate of drug-likeness (QED) is 0.673. The van der Waals surface area contributed by atoms with Crippen LogP contribution in [-0.2, 0) is 13.0 Å². The zero-order valence-electron chi connectivity index (χ0n) is 6.82. The molecule has 0 aromatic carbocycles. The Morgan fingerprint density at radius 3 is 3.09 bits per heavy atom. The van der Waals surface area contributed by atoms with Crippen LogP contribution in [0.5, 0.6) is 0 Å². The largest absolute Gasteiger partial charge is 0.330 e. The molecule has 0 bridgehead atoms. The third kappa shape index (κ3) is 2.01. The van der Waals surface area contributed by atoms with Gasteiger partial charge in [-0.25, -0.2) is 0 Å². The standard InChI is InChI=1S/C7H14N4/c1-2-7-10-9-6-11(7)5-3-4-8/h6H,2-5,8H2,1H3. The van der Waals surface area contributed by atoms with Gasteiger partial charge in [-0.15, -0.1) is 10.2 Å². The van der Waals surface area contributed by atoms with E-state index in [1.807, 2.05) is 4.57 Å². The number of hydrogen-bond donors (Lipinski definition) is 1. The lowest BCUT2D eigenvalue weighted by atomic mass is 10.4. The second-order valence-corrected chi connectivity index (χ2v) is 2.44. The SMILES string of the molecule is CCc1nncn1CCCN. The predicted octanol–water partition coefficient (Wildman–Crippen LogP) is 0.189. The lowest BCUT2D eigenvalue weighted by Gasteiger charge is -2.01. The van der Waals surface area contributed by atoms with Gasteiger partial charge in [0.25, 0.3) is 0 Å². The van der Waals surface area contributed by atoms with Gasteiger partial charge in [0.2, 0.25) is 0 Å². The van der Waals surface area contributed by atoms with E-state index in [1.54, 1.807) is 6.33 Å². The van der Waals surface area contributed by atoms with Crippen LogP contribution in [0.15, 0.2) is 6.33 Å². The van der Waals surface area contributed by atoms with E-state index >= 15 is 0 Å². The third-order valence-corrected chi connectivity index (χ3v) is 1.62. The van der Waals surface area contributed by atoms with E-state index < -0.39 is 0 Å². The van der Waals surface area contributed by atoms with Crippen molar-refractivity contribution in [2.24, 2.45) is 5.73 Å². The minimum atomic E-state index is 0.724. The fraction of sp³-hybridized carbons (Fsp3) is 0.714. The Bertz CT molecular complexity index is 206. The zero-order valence-corrected chi connectivity index (χ0v) is 6.82. The van der Waals surface area contributed by atoms with E-state index in [2.05, 4.69) is 17.1 Å². The highest BCUT2D eigenvalue weighted by atomic mass is 15.3. The smallest absolute Gasteiger partial charge is 0.132 e. The lowest BCUT2D eigenvalue weighted by Crippen LogP contribution is -2.07. The van der Waals surface area contributed by atoms with Crippen molar-refractivity contribution in [2.75, 3.05) is 6.54 Å². The summed E-state index contributed by atoms with van der Waals surface area (Å²) < 4.78 is 2.05. The minimum Gasteiger partial charge on any atom is -0.330 e. The first kappa shape index (κ1) is 8.20. The predicted molar refractivity (Wildman–Crippen MR) is 43.1 cm³/mol. The fourth-order valence-electron chi connectivity index (χ4n) is 1.00. The first-order valence-corrected chi connectivity index (χ1v) is 3.95. The molecule has 0 spiro atoms. The van der Waals surface area contributed by atoms with Crippen molar-refractivity contribution < 1.29 is 0 Å². The second kappa shape index (κ2) is 4.08. The minimum absolute atomic E-state index is 0.724. The van der Waals surface area contributed by atoms with Crippen LogP contribution in [0.3, 0.4) is 0 Å². The lowest BCUT2D eigenvalue weighted by molar-refractivity contribution is 0.620. The highest BCUT2D eigenvalue weighted by Crippen LogP contribution is 1.96. The monoisotopic (exact) mass is 154 g/mol. The Morgan fingerprint density at radius 2 is 2.45 bits per heavy atom. The van der Waals surface area contributed by atoms with Crippen molar-refractivity contribution in [3.05, 3.63) is 12.2 Å². The molecular weight excluding hydrogens is 140 g/mol. The summed E-state index contributed by atoms with van der Waals surface area (Å²) in [5, 5.41) is 7.78. The molecule has 0 atom stereocenters. The molecule has 4 nitrogen and oxygen atoms in total. The third-order valence-electron chi connectivity index (χ3n) is 1.62. The topological polar surface area (TPSA) is 56.7 Å². The molecule has 0 aliphatic rings. The number of nitrogens with zero attached hydrogens (tertiary/aromatic N) is 3. The Hall–Kier alpha value is -0.900. The Kier molecular flexibility index (Phi) is 3.04. The molecule has 0 radical (unpaired) electrons. The van der Waals surface area contributed by atoms with E-state index in [-0.39, 0.29) is 0 Å². The van der Waals surface area contributed by atoms with Crippen molar-refractivity contribution in [3.8, 4) is 0 Å².